The van der Waals surface area contributed by atoms with Gasteiger partial charge in [-0.15, -0.1) is 0 Å². The first-order valence-corrected chi connectivity index (χ1v) is 13.7. The fourth-order valence-corrected chi connectivity index (χ4v) is 4.42. The van der Waals surface area contributed by atoms with Gasteiger partial charge >= 0.3 is 0 Å². The molecule has 1 aliphatic heterocycles. The molecule has 1 aromatic rings. The maximum atomic E-state index is 12.1. The molecule has 39 heavy (non-hydrogen) atoms. The summed E-state index contributed by atoms with van der Waals surface area (Å²) in [6, 6.07) is 9.86. The van der Waals surface area contributed by atoms with Crippen LogP contribution < -0.4 is 10.2 Å². The second kappa shape index (κ2) is 15.4. The van der Waals surface area contributed by atoms with Crippen LogP contribution in [-0.2, 0) is 9.53 Å². The van der Waals surface area contributed by atoms with Gasteiger partial charge in [0.05, 0.1) is 19.2 Å². The van der Waals surface area contributed by atoms with Crippen LogP contribution in [-0.4, -0.2) is 31.6 Å². The third-order valence-corrected chi connectivity index (χ3v) is 6.72. The first kappa shape index (κ1) is 31.2. The van der Waals surface area contributed by atoms with Gasteiger partial charge in [-0.1, -0.05) is 63.8 Å². The highest BCUT2D eigenvalue weighted by molar-refractivity contribution is 5.75. The van der Waals surface area contributed by atoms with Crippen LogP contribution >= 0.6 is 0 Å². The van der Waals surface area contributed by atoms with Crippen molar-refractivity contribution in [2.75, 3.05) is 25.0 Å². The molecule has 1 aromatic carbocycles. The van der Waals surface area contributed by atoms with Gasteiger partial charge in [-0.3, -0.25) is 4.79 Å². The highest BCUT2D eigenvalue weighted by Crippen LogP contribution is 2.41. The molecule has 0 saturated heterocycles. The minimum atomic E-state index is -0.821. The van der Waals surface area contributed by atoms with E-state index in [1.807, 2.05) is 63.4 Å². The van der Waals surface area contributed by atoms with Crippen molar-refractivity contribution in [3.8, 4) is 6.07 Å². The number of unbranched alkanes of at least 4 members (excludes halogenated alkanes) is 3. The number of amides is 1. The zero-order chi connectivity index (χ0) is 28.8. The number of hydrogen-bond acceptors (Lipinski definition) is 4. The van der Waals surface area contributed by atoms with E-state index in [2.05, 4.69) is 33.8 Å². The van der Waals surface area contributed by atoms with Crippen LogP contribution in [0, 0.1) is 30.4 Å². The van der Waals surface area contributed by atoms with Crippen molar-refractivity contribution in [3.05, 3.63) is 81.5 Å². The first-order chi connectivity index (χ1) is 18.6. The Morgan fingerprint density at radius 3 is 2.44 bits per heavy atom. The number of hydrogen-bond donors (Lipinski definition) is 1. The quantitative estimate of drug-likeness (QED) is 0.157. The zero-order valence-electron chi connectivity index (χ0n) is 24.0. The van der Waals surface area contributed by atoms with Crippen molar-refractivity contribution < 1.29 is 9.53 Å². The number of allylic oxidation sites excluding steroid dienone is 1. The molecule has 7 nitrogen and oxygen atoms in total. The molecule has 7 heteroatoms. The van der Waals surface area contributed by atoms with E-state index < -0.39 is 5.60 Å². The van der Waals surface area contributed by atoms with Crippen LogP contribution in [0.4, 0.5) is 5.69 Å². The largest absolute Gasteiger partial charge is 0.505 e. The van der Waals surface area contributed by atoms with Gasteiger partial charge in [-0.25, -0.2) is 15.0 Å². The molecule has 0 aliphatic carbocycles. The summed E-state index contributed by atoms with van der Waals surface area (Å²) in [5.41, 5.74) is 1.81. The van der Waals surface area contributed by atoms with Gasteiger partial charge in [-0.2, -0.15) is 0 Å². The van der Waals surface area contributed by atoms with Crippen LogP contribution in [0.3, 0.4) is 0 Å². The summed E-state index contributed by atoms with van der Waals surface area (Å²) in [6.45, 7) is 24.5. The number of nitrogens with one attached hydrogen (secondary N) is 1. The predicted molar refractivity (Wildman–Crippen MR) is 157 cm³/mol. The third kappa shape index (κ3) is 9.66. The highest BCUT2D eigenvalue weighted by Gasteiger charge is 2.38. The fourth-order valence-electron chi connectivity index (χ4n) is 4.42. The van der Waals surface area contributed by atoms with Crippen molar-refractivity contribution in [1.29, 1.82) is 5.26 Å². The lowest BCUT2D eigenvalue weighted by Crippen LogP contribution is -2.26. The van der Waals surface area contributed by atoms with Crippen molar-refractivity contribution in [2.45, 2.75) is 78.2 Å². The summed E-state index contributed by atoms with van der Waals surface area (Å²) in [5, 5.41) is 12.3. The van der Waals surface area contributed by atoms with E-state index in [4.69, 9.17) is 17.9 Å². The van der Waals surface area contributed by atoms with Crippen LogP contribution in [0.25, 0.3) is 15.8 Å². The monoisotopic (exact) mass is 527 g/mol. The van der Waals surface area contributed by atoms with Crippen molar-refractivity contribution >= 4 is 17.7 Å². The number of ether oxygens (including phenoxy) is 1. The lowest BCUT2D eigenvalue weighted by Gasteiger charge is -2.22. The van der Waals surface area contributed by atoms with E-state index in [-0.39, 0.29) is 23.1 Å². The Balaban J connectivity index is 1.85. The normalized spacial score (nSPS) is 15.5. The van der Waals surface area contributed by atoms with Crippen molar-refractivity contribution in [3.63, 3.8) is 0 Å². The Labute approximate surface area is 234 Å². The maximum absolute atomic E-state index is 12.1. The van der Waals surface area contributed by atoms with E-state index in [9.17, 15) is 10.1 Å². The molecule has 2 rings (SSSR count). The molecule has 1 heterocycles. The Morgan fingerprint density at radius 1 is 1.13 bits per heavy atom. The molecular formula is C32H41N5O2. The summed E-state index contributed by atoms with van der Waals surface area (Å²) in [4.78, 5) is 21.0. The van der Waals surface area contributed by atoms with E-state index in [0.717, 1.165) is 43.1 Å². The Kier molecular flexibility index (Phi) is 12.3. The van der Waals surface area contributed by atoms with Gasteiger partial charge < -0.3 is 15.0 Å². The summed E-state index contributed by atoms with van der Waals surface area (Å²) in [7, 11) is 2.02. The molecule has 0 atom stereocenters. The molecule has 0 spiro atoms. The number of rotatable bonds is 14. The molecule has 206 valence electrons. The number of carbonyl (C=O) groups is 1. The predicted octanol–water partition coefficient (Wildman–Crippen LogP) is 7.28. The Morgan fingerprint density at radius 2 is 1.82 bits per heavy atom. The summed E-state index contributed by atoms with van der Waals surface area (Å²) in [6.07, 6.45) is 11.0. The van der Waals surface area contributed by atoms with Gasteiger partial charge in [0.25, 0.3) is 5.70 Å². The Hall–Kier alpha value is -4.02. The third-order valence-electron chi connectivity index (χ3n) is 6.72. The van der Waals surface area contributed by atoms with Crippen molar-refractivity contribution in [2.24, 2.45) is 5.92 Å². The second-order valence-electron chi connectivity index (χ2n) is 10.8. The SMILES string of the molecule is [C-]#[N+]C1=C(/C=C/c2ccc(N(C)CCCC(=O)NCCCCCCC(C)C)cc2)C(C)(C)O/C1=C(\C#N)[N+]#[C-]. The molecule has 0 bridgehead atoms. The molecule has 0 aromatic heterocycles. The average molecular weight is 528 g/mol. The minimum Gasteiger partial charge on any atom is -0.505 e. The first-order valence-electron chi connectivity index (χ1n) is 13.7. The number of carbonyl (C=O) groups excluding carboxylic acids is 1. The number of anilines is 1. The number of nitriles is 1. The second-order valence-corrected chi connectivity index (χ2v) is 10.8. The fraction of sp³-hybridized carbons (Fsp3) is 0.500. The minimum absolute atomic E-state index is 0.0508. The maximum Gasteiger partial charge on any atom is 0.292 e. The molecule has 0 radical (unpaired) electrons. The summed E-state index contributed by atoms with van der Waals surface area (Å²) in [5.74, 6) is 0.938. The summed E-state index contributed by atoms with van der Waals surface area (Å²) < 4.78 is 5.82. The van der Waals surface area contributed by atoms with Crippen molar-refractivity contribution in [1.82, 2.24) is 5.32 Å². The Bertz CT molecular complexity index is 1180. The molecule has 0 saturated carbocycles. The molecule has 0 unspecified atom stereocenters. The molecular weight excluding hydrogens is 486 g/mol. The van der Waals surface area contributed by atoms with Gasteiger partial charge in [-0.05, 0) is 50.3 Å². The number of benzene rings is 1. The van der Waals surface area contributed by atoms with E-state index in [0.29, 0.717) is 12.0 Å². The zero-order valence-corrected chi connectivity index (χ0v) is 24.0. The van der Waals surface area contributed by atoms with Crippen LogP contribution in [0.1, 0.15) is 78.2 Å². The van der Waals surface area contributed by atoms with Crippen LogP contribution in [0.2, 0.25) is 0 Å². The van der Waals surface area contributed by atoms with E-state index in [1.54, 1.807) is 0 Å². The van der Waals surface area contributed by atoms with Gasteiger partial charge in [0.2, 0.25) is 11.6 Å². The number of nitrogens with zero attached hydrogens (tertiary/aromatic N) is 4. The average Bonchev–Trinajstić information content (AvgIpc) is 3.16. The molecule has 1 N–H and O–H groups in total. The molecule has 1 aliphatic rings. The van der Waals surface area contributed by atoms with Gasteiger partial charge in [0, 0.05) is 37.8 Å². The molecule has 1 amide bonds. The summed E-state index contributed by atoms with van der Waals surface area (Å²) >= 11 is 0. The smallest absolute Gasteiger partial charge is 0.292 e. The molecule has 0 fully saturated rings. The van der Waals surface area contributed by atoms with Crippen LogP contribution in [0.5, 0.6) is 0 Å². The van der Waals surface area contributed by atoms with E-state index >= 15 is 0 Å². The van der Waals surface area contributed by atoms with Gasteiger partial charge in [0.1, 0.15) is 11.4 Å². The van der Waals surface area contributed by atoms with Crippen LogP contribution in [0.15, 0.2) is 53.1 Å². The van der Waals surface area contributed by atoms with Gasteiger partial charge in [0.15, 0.2) is 0 Å². The van der Waals surface area contributed by atoms with E-state index in [1.165, 1.54) is 25.7 Å². The lowest BCUT2D eigenvalue weighted by atomic mass is 9.96. The highest BCUT2D eigenvalue weighted by atomic mass is 16.5. The topological polar surface area (TPSA) is 74.1 Å². The standard InChI is InChI=1S/C32H41N5O2/c1-24(2)13-10-8-9-11-21-36-29(38)14-12-22-37(7)26-18-15-25(16-19-26)17-20-27-30(35-6)31(28(23-33)34-5)39-32(27,3)4/h15-20,24H,8-14,21-22H2,1-4,7H3,(H,36,38)/b20-17+,31-28+. The lowest BCUT2D eigenvalue weighted by molar-refractivity contribution is -0.121.